The first-order valence-corrected chi connectivity index (χ1v) is 7.84. The standard InChI is InChI=1S/C18H16F5NO3/c1-18(2)11(4-8(19)5-24)12(18)17(25)27-7-10-15(22)13(20)9(6-26-3)14(21)16(10)23/h4,11-12H,6-7H2,1-3H3/t11-,12-/m1/s1. The molecule has 0 aromatic heterocycles. The molecule has 27 heavy (non-hydrogen) atoms. The van der Waals surface area contributed by atoms with Crippen molar-refractivity contribution >= 4 is 5.97 Å². The van der Waals surface area contributed by atoms with Gasteiger partial charge in [0.05, 0.1) is 23.7 Å². The van der Waals surface area contributed by atoms with Gasteiger partial charge in [0.2, 0.25) is 0 Å². The van der Waals surface area contributed by atoms with Crippen molar-refractivity contribution in [2.24, 2.45) is 17.3 Å². The molecule has 0 unspecified atom stereocenters. The molecule has 1 fully saturated rings. The lowest BCUT2D eigenvalue weighted by atomic mass is 10.1. The van der Waals surface area contributed by atoms with E-state index in [-0.39, 0.29) is 0 Å². The van der Waals surface area contributed by atoms with E-state index in [2.05, 4.69) is 4.74 Å². The van der Waals surface area contributed by atoms with Gasteiger partial charge >= 0.3 is 5.97 Å². The summed E-state index contributed by atoms with van der Waals surface area (Å²) in [6.07, 6.45) is 0.964. The summed E-state index contributed by atoms with van der Waals surface area (Å²) in [4.78, 5) is 12.1. The number of methoxy groups -OCH3 is 1. The van der Waals surface area contributed by atoms with Crippen molar-refractivity contribution < 1.29 is 36.2 Å². The summed E-state index contributed by atoms with van der Waals surface area (Å²) in [6, 6.07) is 1.28. The van der Waals surface area contributed by atoms with E-state index in [0.717, 1.165) is 13.2 Å². The number of hydrogen-bond donors (Lipinski definition) is 0. The third-order valence-corrected chi connectivity index (χ3v) is 4.69. The van der Waals surface area contributed by atoms with Crippen molar-refractivity contribution in [1.82, 2.24) is 0 Å². The highest BCUT2D eigenvalue weighted by molar-refractivity contribution is 5.78. The molecule has 0 radical (unpaired) electrons. The van der Waals surface area contributed by atoms with Gasteiger partial charge < -0.3 is 9.47 Å². The average Bonchev–Trinajstić information content (AvgIpc) is 3.16. The molecule has 1 aliphatic carbocycles. The van der Waals surface area contributed by atoms with Crippen LogP contribution in [-0.2, 0) is 27.5 Å². The SMILES string of the molecule is COCc1c(F)c(F)c(COC(=O)[C@H]2[C@@H](C=C(F)C#N)C2(C)C)c(F)c1F. The number of hydrogen-bond acceptors (Lipinski definition) is 4. The number of allylic oxidation sites excluding steroid dienone is 2. The molecule has 0 N–H and O–H groups in total. The van der Waals surface area contributed by atoms with Crippen molar-refractivity contribution in [1.29, 1.82) is 5.26 Å². The zero-order chi connectivity index (χ0) is 20.5. The first-order chi connectivity index (χ1) is 12.6. The Bertz CT molecular complexity index is 815. The number of ether oxygens (including phenoxy) is 2. The van der Waals surface area contributed by atoms with E-state index in [4.69, 9.17) is 10.00 Å². The Hall–Kier alpha value is -2.47. The summed E-state index contributed by atoms with van der Waals surface area (Å²) < 4.78 is 78.2. The van der Waals surface area contributed by atoms with Crippen LogP contribution in [0.15, 0.2) is 11.9 Å². The van der Waals surface area contributed by atoms with Gasteiger partial charge in [-0.2, -0.15) is 9.65 Å². The smallest absolute Gasteiger partial charge is 0.310 e. The number of esters is 1. The second kappa shape index (κ2) is 7.64. The molecule has 1 aromatic carbocycles. The van der Waals surface area contributed by atoms with Gasteiger partial charge in [-0.05, 0) is 11.5 Å². The molecule has 0 amide bonds. The van der Waals surface area contributed by atoms with E-state index in [1.54, 1.807) is 13.8 Å². The average molecular weight is 389 g/mol. The van der Waals surface area contributed by atoms with E-state index in [1.807, 2.05) is 0 Å². The van der Waals surface area contributed by atoms with Crippen molar-refractivity contribution in [3.05, 3.63) is 46.3 Å². The lowest BCUT2D eigenvalue weighted by molar-refractivity contribution is -0.147. The summed E-state index contributed by atoms with van der Waals surface area (Å²) in [6.45, 7) is 1.51. The van der Waals surface area contributed by atoms with Gasteiger partial charge in [0, 0.05) is 13.0 Å². The molecule has 1 saturated carbocycles. The maximum absolute atomic E-state index is 14.0. The number of nitrogens with zero attached hydrogens (tertiary/aromatic N) is 1. The number of halogens is 5. The quantitative estimate of drug-likeness (QED) is 0.318. The molecular formula is C18H16F5NO3. The third kappa shape index (κ3) is 3.81. The summed E-state index contributed by atoms with van der Waals surface area (Å²) in [7, 11) is 1.10. The Balaban J connectivity index is 2.18. The molecule has 4 nitrogen and oxygen atoms in total. The molecule has 9 heteroatoms. The molecule has 2 atom stereocenters. The highest BCUT2D eigenvalue weighted by Gasteiger charge is 2.61. The molecule has 0 heterocycles. The van der Waals surface area contributed by atoms with Gasteiger partial charge in [-0.25, -0.2) is 17.6 Å². The summed E-state index contributed by atoms with van der Waals surface area (Å²) >= 11 is 0. The minimum absolute atomic E-state index is 0.642. The Kier molecular flexibility index (Phi) is 5.90. The Labute approximate surface area is 152 Å². The zero-order valence-electron chi connectivity index (χ0n) is 14.7. The van der Waals surface area contributed by atoms with E-state index in [1.165, 1.54) is 6.07 Å². The van der Waals surface area contributed by atoms with Crippen LogP contribution in [0, 0.1) is 51.9 Å². The Morgan fingerprint density at radius 3 is 2.04 bits per heavy atom. The van der Waals surface area contributed by atoms with Gasteiger partial charge in [-0.3, -0.25) is 4.79 Å². The predicted molar refractivity (Wildman–Crippen MR) is 82.3 cm³/mol. The largest absolute Gasteiger partial charge is 0.460 e. The number of rotatable bonds is 6. The van der Waals surface area contributed by atoms with Crippen molar-refractivity contribution in [2.75, 3.05) is 7.11 Å². The molecule has 0 saturated heterocycles. The lowest BCUT2D eigenvalue weighted by Crippen LogP contribution is -2.15. The van der Waals surface area contributed by atoms with Crippen molar-refractivity contribution in [3.63, 3.8) is 0 Å². The van der Waals surface area contributed by atoms with Crippen LogP contribution in [0.25, 0.3) is 0 Å². The van der Waals surface area contributed by atoms with Crippen LogP contribution in [0.2, 0.25) is 0 Å². The monoisotopic (exact) mass is 389 g/mol. The fourth-order valence-electron chi connectivity index (χ4n) is 2.99. The highest BCUT2D eigenvalue weighted by Crippen LogP contribution is 2.60. The maximum Gasteiger partial charge on any atom is 0.310 e. The second-order valence-electron chi connectivity index (χ2n) is 6.70. The van der Waals surface area contributed by atoms with E-state index in [0.29, 0.717) is 0 Å². The summed E-state index contributed by atoms with van der Waals surface area (Å²) in [5, 5.41) is 8.46. The van der Waals surface area contributed by atoms with Crippen LogP contribution in [0.4, 0.5) is 22.0 Å². The number of nitriles is 1. The normalized spacial score (nSPS) is 20.9. The number of carbonyl (C=O) groups is 1. The zero-order valence-corrected chi connectivity index (χ0v) is 14.7. The Morgan fingerprint density at radius 2 is 1.59 bits per heavy atom. The summed E-state index contributed by atoms with van der Waals surface area (Å²) in [5.74, 6) is -10.1. The number of benzene rings is 1. The van der Waals surface area contributed by atoms with Gasteiger partial charge in [0.1, 0.15) is 12.7 Å². The van der Waals surface area contributed by atoms with Crippen LogP contribution < -0.4 is 0 Å². The topological polar surface area (TPSA) is 59.3 Å². The molecule has 146 valence electrons. The molecule has 0 spiro atoms. The van der Waals surface area contributed by atoms with E-state index < -0.39 is 76.7 Å². The molecule has 0 aliphatic heterocycles. The molecule has 1 aliphatic rings. The molecule has 1 aromatic rings. The first-order valence-electron chi connectivity index (χ1n) is 7.84. The molecule has 2 rings (SSSR count). The lowest BCUT2D eigenvalue weighted by Gasteiger charge is -2.12. The minimum Gasteiger partial charge on any atom is -0.460 e. The van der Waals surface area contributed by atoms with Gasteiger partial charge in [0.15, 0.2) is 29.1 Å². The van der Waals surface area contributed by atoms with Crippen LogP contribution in [0.1, 0.15) is 25.0 Å². The first kappa shape index (κ1) is 20.8. The maximum atomic E-state index is 14.0. The predicted octanol–water partition coefficient (Wildman–Crippen LogP) is 4.08. The van der Waals surface area contributed by atoms with E-state index >= 15 is 0 Å². The fraction of sp³-hybridized carbons (Fsp3) is 0.444. The third-order valence-electron chi connectivity index (χ3n) is 4.69. The Morgan fingerprint density at radius 1 is 1.11 bits per heavy atom. The van der Waals surface area contributed by atoms with Crippen molar-refractivity contribution in [3.8, 4) is 6.07 Å². The van der Waals surface area contributed by atoms with Crippen LogP contribution in [-0.4, -0.2) is 13.1 Å². The molecule has 0 bridgehead atoms. The van der Waals surface area contributed by atoms with E-state index in [9.17, 15) is 26.7 Å². The molecular weight excluding hydrogens is 373 g/mol. The van der Waals surface area contributed by atoms with Crippen LogP contribution in [0.5, 0.6) is 0 Å². The van der Waals surface area contributed by atoms with Gasteiger partial charge in [-0.15, -0.1) is 0 Å². The highest BCUT2D eigenvalue weighted by atomic mass is 19.2. The van der Waals surface area contributed by atoms with Gasteiger partial charge in [-0.1, -0.05) is 13.8 Å². The fourth-order valence-corrected chi connectivity index (χ4v) is 2.99. The van der Waals surface area contributed by atoms with Crippen molar-refractivity contribution in [2.45, 2.75) is 27.1 Å². The summed E-state index contributed by atoms with van der Waals surface area (Å²) in [5.41, 5.74) is -2.73. The number of carbonyl (C=O) groups excluding carboxylic acids is 1. The minimum atomic E-state index is -1.68. The van der Waals surface area contributed by atoms with Gasteiger partial charge in [0.25, 0.3) is 0 Å². The van der Waals surface area contributed by atoms with Crippen LogP contribution in [0.3, 0.4) is 0 Å². The second-order valence-corrected chi connectivity index (χ2v) is 6.70. The van der Waals surface area contributed by atoms with Crippen LogP contribution >= 0.6 is 0 Å².